The number of fused-ring (bicyclic) bond motifs is 2. The summed E-state index contributed by atoms with van der Waals surface area (Å²) in [5.41, 5.74) is 1.45. The van der Waals surface area contributed by atoms with Crippen LogP contribution in [-0.2, 0) is 4.74 Å². The fourth-order valence-corrected chi connectivity index (χ4v) is 4.73. The minimum Gasteiger partial charge on any atom is -0.483 e. The zero-order valence-electron chi connectivity index (χ0n) is 20.6. The molecule has 3 aromatic rings. The summed E-state index contributed by atoms with van der Waals surface area (Å²) in [7, 11) is 0. The molecule has 0 spiro atoms. The molecule has 2 aromatic heterocycles. The average Bonchev–Trinajstić information content (AvgIpc) is 3.65. The molecule has 0 saturated heterocycles. The Morgan fingerprint density at radius 3 is 2.61 bits per heavy atom. The minimum atomic E-state index is -4.43. The van der Waals surface area contributed by atoms with E-state index >= 15 is 0 Å². The molecule has 1 aromatic carbocycles. The summed E-state index contributed by atoms with van der Waals surface area (Å²) in [6.07, 6.45) is -0.617. The summed E-state index contributed by atoms with van der Waals surface area (Å²) in [5.74, 6) is 1.46. The molecule has 2 unspecified atom stereocenters. The molecular formula is C27H28F3N3O3. The number of alkyl halides is 3. The van der Waals surface area contributed by atoms with E-state index in [1.165, 1.54) is 6.20 Å². The molecule has 1 aliphatic heterocycles. The maximum Gasteiger partial charge on any atom is 0.422 e. The Hall–Kier alpha value is -3.36. The Morgan fingerprint density at radius 1 is 1.17 bits per heavy atom. The first-order valence-electron chi connectivity index (χ1n) is 12.1. The molecule has 190 valence electrons. The lowest BCUT2D eigenvalue weighted by atomic mass is 9.84. The van der Waals surface area contributed by atoms with Crippen molar-refractivity contribution in [3.05, 3.63) is 53.3 Å². The van der Waals surface area contributed by atoms with Crippen LogP contribution in [0.3, 0.4) is 0 Å². The third-order valence-corrected chi connectivity index (χ3v) is 7.32. The van der Waals surface area contributed by atoms with Crippen molar-refractivity contribution in [1.29, 1.82) is 0 Å². The van der Waals surface area contributed by atoms with E-state index in [2.05, 4.69) is 22.2 Å². The number of anilines is 2. The van der Waals surface area contributed by atoms with Gasteiger partial charge in [0.1, 0.15) is 23.0 Å². The van der Waals surface area contributed by atoms with Gasteiger partial charge in [-0.25, -0.2) is 14.8 Å². The smallest absolute Gasteiger partial charge is 0.422 e. The van der Waals surface area contributed by atoms with Crippen molar-refractivity contribution in [2.24, 2.45) is 5.92 Å². The molecule has 1 fully saturated rings. The quantitative estimate of drug-likeness (QED) is 0.373. The number of nitrogens with one attached hydrogen (secondary N) is 1. The number of hydrogen-bond donors (Lipinski definition) is 1. The molecule has 9 heteroatoms. The van der Waals surface area contributed by atoms with Crippen molar-refractivity contribution in [3.8, 4) is 5.75 Å². The number of esters is 1. The Morgan fingerprint density at radius 2 is 1.92 bits per heavy atom. The number of ether oxygens (including phenoxy) is 2. The second-order valence-electron chi connectivity index (χ2n) is 10.3. The zero-order valence-corrected chi connectivity index (χ0v) is 20.6. The van der Waals surface area contributed by atoms with Crippen molar-refractivity contribution in [1.82, 2.24) is 9.97 Å². The van der Waals surface area contributed by atoms with E-state index in [4.69, 9.17) is 9.47 Å². The fourth-order valence-electron chi connectivity index (χ4n) is 4.73. The highest BCUT2D eigenvalue weighted by Crippen LogP contribution is 2.45. The van der Waals surface area contributed by atoms with Gasteiger partial charge in [0.15, 0.2) is 6.61 Å². The van der Waals surface area contributed by atoms with Crippen LogP contribution in [0.4, 0.5) is 24.8 Å². The molecular weight excluding hydrogens is 471 g/mol. The molecule has 1 saturated carbocycles. The zero-order chi connectivity index (χ0) is 25.8. The van der Waals surface area contributed by atoms with Crippen LogP contribution in [0.15, 0.2) is 36.5 Å². The lowest BCUT2D eigenvalue weighted by molar-refractivity contribution is -0.153. The van der Waals surface area contributed by atoms with Gasteiger partial charge in [0.05, 0.1) is 11.3 Å². The van der Waals surface area contributed by atoms with Crippen LogP contribution in [0.25, 0.3) is 10.8 Å². The van der Waals surface area contributed by atoms with E-state index in [1.807, 2.05) is 32.9 Å². The van der Waals surface area contributed by atoms with E-state index in [-0.39, 0.29) is 17.6 Å². The predicted molar refractivity (Wildman–Crippen MR) is 130 cm³/mol. The van der Waals surface area contributed by atoms with Crippen LogP contribution >= 0.6 is 0 Å². The van der Waals surface area contributed by atoms with Crippen LogP contribution in [-0.4, -0.2) is 34.3 Å². The fraction of sp³-hybridized carbons (Fsp3) is 0.444. The normalized spacial score (nSPS) is 20.0. The Bertz CT molecular complexity index is 1340. The van der Waals surface area contributed by atoms with E-state index in [1.54, 1.807) is 18.2 Å². The SMILES string of the molecule is CC(c1ccc(OCC(F)(F)F)c2cnc(Nc3ccc4c(n3)C(C)C(C)(C)OC4=O)cc12)C1CC1. The van der Waals surface area contributed by atoms with Gasteiger partial charge in [-0.3, -0.25) is 0 Å². The highest BCUT2D eigenvalue weighted by atomic mass is 19.4. The second-order valence-corrected chi connectivity index (χ2v) is 10.3. The van der Waals surface area contributed by atoms with Gasteiger partial charge in [-0.15, -0.1) is 0 Å². The summed E-state index contributed by atoms with van der Waals surface area (Å²) < 4.78 is 49.1. The van der Waals surface area contributed by atoms with Gasteiger partial charge in [-0.05, 0) is 73.7 Å². The molecule has 36 heavy (non-hydrogen) atoms. The number of hydrogen-bond acceptors (Lipinski definition) is 6. The number of aromatic nitrogens is 2. The number of benzene rings is 1. The number of pyridine rings is 2. The molecule has 1 aliphatic carbocycles. The largest absolute Gasteiger partial charge is 0.483 e. The number of halogens is 3. The van der Waals surface area contributed by atoms with Crippen molar-refractivity contribution in [2.75, 3.05) is 11.9 Å². The Labute approximate surface area is 207 Å². The molecule has 0 bridgehead atoms. The minimum absolute atomic E-state index is 0.115. The summed E-state index contributed by atoms with van der Waals surface area (Å²) in [6, 6.07) is 8.65. The van der Waals surface area contributed by atoms with Crippen molar-refractivity contribution < 1.29 is 27.4 Å². The standard InChI is InChI=1S/C27H28F3N3O3/c1-14(16-5-6-16)17-7-9-21(35-13-27(28,29)30)20-12-31-23(11-19(17)20)32-22-10-8-18-24(33-22)15(2)26(3,4)36-25(18)34/h7-12,14-16H,5-6,13H2,1-4H3,(H,31,32,33). The summed E-state index contributed by atoms with van der Waals surface area (Å²) in [5, 5.41) is 4.53. The summed E-state index contributed by atoms with van der Waals surface area (Å²) in [4.78, 5) is 21.5. The predicted octanol–water partition coefficient (Wildman–Crippen LogP) is 6.88. The monoisotopic (exact) mass is 499 g/mol. The number of nitrogens with zero attached hydrogens (tertiary/aromatic N) is 2. The van der Waals surface area contributed by atoms with Crippen LogP contribution in [0.1, 0.15) is 74.0 Å². The topological polar surface area (TPSA) is 73.3 Å². The summed E-state index contributed by atoms with van der Waals surface area (Å²) >= 11 is 0. The third-order valence-electron chi connectivity index (χ3n) is 7.32. The highest BCUT2D eigenvalue weighted by molar-refractivity contribution is 5.94. The third kappa shape index (κ3) is 4.70. The van der Waals surface area contributed by atoms with Gasteiger partial charge in [0.25, 0.3) is 0 Å². The van der Waals surface area contributed by atoms with Gasteiger partial charge in [-0.1, -0.05) is 19.9 Å². The van der Waals surface area contributed by atoms with Gasteiger partial charge >= 0.3 is 12.1 Å². The Balaban J connectivity index is 1.51. The van der Waals surface area contributed by atoms with Crippen molar-refractivity contribution in [2.45, 2.75) is 64.1 Å². The van der Waals surface area contributed by atoms with E-state index in [0.717, 1.165) is 23.8 Å². The molecule has 0 radical (unpaired) electrons. The Kier molecular flexibility index (Phi) is 5.84. The first-order valence-corrected chi connectivity index (χ1v) is 12.1. The van der Waals surface area contributed by atoms with Gasteiger partial charge < -0.3 is 14.8 Å². The molecule has 2 atom stereocenters. The lowest BCUT2D eigenvalue weighted by Gasteiger charge is -2.36. The maximum absolute atomic E-state index is 12.8. The molecule has 5 rings (SSSR count). The van der Waals surface area contributed by atoms with Gasteiger partial charge in [0.2, 0.25) is 0 Å². The molecule has 1 N–H and O–H groups in total. The first kappa shape index (κ1) is 24.3. The summed E-state index contributed by atoms with van der Waals surface area (Å²) in [6.45, 7) is 6.45. The molecule has 0 amide bonds. The average molecular weight is 500 g/mol. The van der Waals surface area contributed by atoms with E-state index in [0.29, 0.717) is 34.2 Å². The number of cyclic esters (lactones) is 1. The second kappa shape index (κ2) is 8.64. The maximum atomic E-state index is 12.8. The number of rotatable bonds is 6. The van der Waals surface area contributed by atoms with Crippen molar-refractivity contribution in [3.63, 3.8) is 0 Å². The molecule has 3 heterocycles. The lowest BCUT2D eigenvalue weighted by Crippen LogP contribution is -2.39. The number of carbonyl (C=O) groups is 1. The van der Waals surface area contributed by atoms with Gasteiger partial charge in [0, 0.05) is 17.5 Å². The van der Waals surface area contributed by atoms with E-state index in [9.17, 15) is 18.0 Å². The number of carbonyl (C=O) groups excluding carboxylic acids is 1. The van der Waals surface area contributed by atoms with Crippen LogP contribution < -0.4 is 10.1 Å². The first-order chi connectivity index (χ1) is 16.9. The highest BCUT2D eigenvalue weighted by Gasteiger charge is 2.40. The van der Waals surface area contributed by atoms with Crippen molar-refractivity contribution >= 4 is 28.4 Å². The van der Waals surface area contributed by atoms with Crippen LogP contribution in [0.2, 0.25) is 0 Å². The molecule has 6 nitrogen and oxygen atoms in total. The van der Waals surface area contributed by atoms with Crippen LogP contribution in [0, 0.1) is 5.92 Å². The molecule has 2 aliphatic rings. The van der Waals surface area contributed by atoms with E-state index < -0.39 is 24.4 Å². The van der Waals surface area contributed by atoms with Crippen LogP contribution in [0.5, 0.6) is 5.75 Å². The van der Waals surface area contributed by atoms with Gasteiger partial charge in [-0.2, -0.15) is 13.2 Å².